The van der Waals surface area contributed by atoms with Gasteiger partial charge < -0.3 is 15.4 Å². The van der Waals surface area contributed by atoms with Crippen molar-refractivity contribution in [2.24, 2.45) is 0 Å². The lowest BCUT2D eigenvalue weighted by Crippen LogP contribution is -2.35. The standard InChI is InChI=1S/C11H18N4O3/c1-18-10(16)4-2-3-6-12-11(17)13-8-9-5-7-14-15-9/h5,7H,2-4,6,8H2,1H3,(H,14,15)(H2,12,13,17). The highest BCUT2D eigenvalue weighted by atomic mass is 16.5. The summed E-state index contributed by atoms with van der Waals surface area (Å²) >= 11 is 0. The first-order valence-electron chi connectivity index (χ1n) is 5.79. The van der Waals surface area contributed by atoms with Gasteiger partial charge in [0.05, 0.1) is 19.3 Å². The van der Waals surface area contributed by atoms with Gasteiger partial charge in [0, 0.05) is 19.2 Å². The molecule has 7 nitrogen and oxygen atoms in total. The van der Waals surface area contributed by atoms with Gasteiger partial charge in [0.1, 0.15) is 0 Å². The molecule has 1 heterocycles. The molecular formula is C11H18N4O3. The summed E-state index contributed by atoms with van der Waals surface area (Å²) in [6.07, 6.45) is 3.45. The van der Waals surface area contributed by atoms with Crippen LogP contribution in [0.5, 0.6) is 0 Å². The van der Waals surface area contributed by atoms with E-state index in [-0.39, 0.29) is 12.0 Å². The highest BCUT2D eigenvalue weighted by Crippen LogP contribution is 1.95. The lowest BCUT2D eigenvalue weighted by atomic mass is 10.2. The molecule has 0 aliphatic rings. The van der Waals surface area contributed by atoms with E-state index in [1.54, 1.807) is 12.3 Å². The minimum Gasteiger partial charge on any atom is -0.469 e. The van der Waals surface area contributed by atoms with Crippen molar-refractivity contribution >= 4 is 12.0 Å². The summed E-state index contributed by atoms with van der Waals surface area (Å²) < 4.78 is 4.51. The molecule has 18 heavy (non-hydrogen) atoms. The number of hydrogen-bond donors (Lipinski definition) is 3. The molecule has 0 saturated carbocycles. The van der Waals surface area contributed by atoms with E-state index >= 15 is 0 Å². The number of amides is 2. The zero-order valence-corrected chi connectivity index (χ0v) is 10.4. The quantitative estimate of drug-likeness (QED) is 0.489. The molecule has 0 radical (unpaired) electrons. The number of nitrogens with one attached hydrogen (secondary N) is 3. The summed E-state index contributed by atoms with van der Waals surface area (Å²) in [6, 6.07) is 1.55. The molecule has 0 aromatic carbocycles. The highest BCUT2D eigenvalue weighted by molar-refractivity contribution is 5.73. The average molecular weight is 254 g/mol. The van der Waals surface area contributed by atoms with Crippen LogP contribution in [0.2, 0.25) is 0 Å². The maximum atomic E-state index is 11.3. The molecule has 0 saturated heterocycles. The molecule has 0 spiro atoms. The van der Waals surface area contributed by atoms with Crippen molar-refractivity contribution in [2.75, 3.05) is 13.7 Å². The van der Waals surface area contributed by atoms with Gasteiger partial charge in [0.2, 0.25) is 0 Å². The van der Waals surface area contributed by atoms with Crippen LogP contribution in [0.25, 0.3) is 0 Å². The van der Waals surface area contributed by atoms with Crippen LogP contribution < -0.4 is 10.6 Å². The van der Waals surface area contributed by atoms with Gasteiger partial charge in [0.25, 0.3) is 0 Å². The van der Waals surface area contributed by atoms with Crippen molar-refractivity contribution in [2.45, 2.75) is 25.8 Å². The van der Waals surface area contributed by atoms with E-state index in [0.29, 0.717) is 25.9 Å². The van der Waals surface area contributed by atoms with Crippen molar-refractivity contribution in [1.29, 1.82) is 0 Å². The van der Waals surface area contributed by atoms with Gasteiger partial charge in [-0.15, -0.1) is 0 Å². The Hall–Kier alpha value is -2.05. The number of H-pyrrole nitrogens is 1. The van der Waals surface area contributed by atoms with Crippen LogP contribution in [0.1, 0.15) is 25.0 Å². The number of esters is 1. The van der Waals surface area contributed by atoms with E-state index in [4.69, 9.17) is 0 Å². The lowest BCUT2D eigenvalue weighted by molar-refractivity contribution is -0.140. The molecule has 2 amide bonds. The largest absolute Gasteiger partial charge is 0.469 e. The molecule has 0 fully saturated rings. The molecule has 1 rings (SSSR count). The van der Waals surface area contributed by atoms with Crippen molar-refractivity contribution in [3.05, 3.63) is 18.0 Å². The summed E-state index contributed by atoms with van der Waals surface area (Å²) in [6.45, 7) is 0.944. The van der Waals surface area contributed by atoms with Crippen molar-refractivity contribution in [1.82, 2.24) is 20.8 Å². The molecule has 100 valence electrons. The molecule has 1 aromatic heterocycles. The molecule has 1 aromatic rings. The first-order valence-corrected chi connectivity index (χ1v) is 5.79. The SMILES string of the molecule is COC(=O)CCCCNC(=O)NCc1ccn[nH]1. The fourth-order valence-electron chi connectivity index (χ4n) is 1.32. The zero-order chi connectivity index (χ0) is 13.2. The summed E-state index contributed by atoms with van der Waals surface area (Å²) in [5.41, 5.74) is 0.843. The van der Waals surface area contributed by atoms with Crippen LogP contribution in [0.3, 0.4) is 0 Å². The monoisotopic (exact) mass is 254 g/mol. The van der Waals surface area contributed by atoms with Crippen molar-refractivity contribution in [3.63, 3.8) is 0 Å². The Kier molecular flexibility index (Phi) is 6.31. The number of hydrogen-bond acceptors (Lipinski definition) is 4. The predicted molar refractivity (Wildman–Crippen MR) is 64.7 cm³/mol. The maximum absolute atomic E-state index is 11.3. The number of unbranched alkanes of at least 4 members (excludes halogenated alkanes) is 1. The fraction of sp³-hybridized carbons (Fsp3) is 0.545. The average Bonchev–Trinajstić information content (AvgIpc) is 2.88. The Morgan fingerprint density at radius 3 is 2.89 bits per heavy atom. The van der Waals surface area contributed by atoms with Crippen LogP contribution in [0.4, 0.5) is 4.79 Å². The summed E-state index contributed by atoms with van der Waals surface area (Å²) in [4.78, 5) is 22.2. The number of carbonyl (C=O) groups is 2. The van der Waals surface area contributed by atoms with E-state index in [1.165, 1.54) is 7.11 Å². The van der Waals surface area contributed by atoms with Gasteiger partial charge in [-0.1, -0.05) is 0 Å². The second kappa shape index (κ2) is 8.10. The molecule has 0 aliphatic heterocycles. The first kappa shape index (κ1) is 14.0. The van der Waals surface area contributed by atoms with Crippen LogP contribution >= 0.6 is 0 Å². The van der Waals surface area contributed by atoms with Crippen molar-refractivity contribution in [3.8, 4) is 0 Å². The van der Waals surface area contributed by atoms with Gasteiger partial charge >= 0.3 is 12.0 Å². The number of urea groups is 1. The van der Waals surface area contributed by atoms with Crippen LogP contribution in [0, 0.1) is 0 Å². The van der Waals surface area contributed by atoms with E-state index in [9.17, 15) is 9.59 Å². The third-order valence-electron chi connectivity index (χ3n) is 2.32. The van der Waals surface area contributed by atoms with E-state index in [2.05, 4.69) is 25.6 Å². The second-order valence-electron chi connectivity index (χ2n) is 3.72. The third-order valence-corrected chi connectivity index (χ3v) is 2.32. The normalized spacial score (nSPS) is 9.83. The van der Waals surface area contributed by atoms with Gasteiger partial charge in [-0.2, -0.15) is 5.10 Å². The number of aromatic amines is 1. The molecule has 0 unspecified atom stereocenters. The Morgan fingerprint density at radius 2 is 2.22 bits per heavy atom. The Balaban J connectivity index is 1.98. The fourth-order valence-corrected chi connectivity index (χ4v) is 1.32. The van der Waals surface area contributed by atoms with E-state index < -0.39 is 0 Å². The lowest BCUT2D eigenvalue weighted by Gasteiger charge is -2.06. The topological polar surface area (TPSA) is 96.1 Å². The van der Waals surface area contributed by atoms with Crippen molar-refractivity contribution < 1.29 is 14.3 Å². The zero-order valence-electron chi connectivity index (χ0n) is 10.4. The highest BCUT2D eigenvalue weighted by Gasteiger charge is 2.02. The number of ether oxygens (including phenoxy) is 1. The molecular weight excluding hydrogens is 236 g/mol. The third kappa shape index (κ3) is 5.88. The molecule has 3 N–H and O–H groups in total. The Morgan fingerprint density at radius 1 is 1.39 bits per heavy atom. The van der Waals surface area contributed by atoms with Gasteiger partial charge in [0.15, 0.2) is 0 Å². The molecule has 0 atom stereocenters. The minimum atomic E-state index is -0.234. The van der Waals surface area contributed by atoms with Gasteiger partial charge in [-0.05, 0) is 18.9 Å². The molecule has 0 aliphatic carbocycles. The van der Waals surface area contributed by atoms with Crippen LogP contribution in [-0.4, -0.2) is 35.9 Å². The smallest absolute Gasteiger partial charge is 0.315 e. The number of rotatable bonds is 7. The predicted octanol–water partition coefficient (Wildman–Crippen LogP) is 0.552. The number of aromatic nitrogens is 2. The summed E-state index contributed by atoms with van der Waals surface area (Å²) in [5.74, 6) is -0.223. The summed E-state index contributed by atoms with van der Waals surface area (Å²) in [7, 11) is 1.36. The number of methoxy groups -OCH3 is 1. The molecule has 0 bridgehead atoms. The second-order valence-corrected chi connectivity index (χ2v) is 3.72. The van der Waals surface area contributed by atoms with Gasteiger partial charge in [-0.3, -0.25) is 9.89 Å². The Bertz CT molecular complexity index is 364. The summed E-state index contributed by atoms with van der Waals surface area (Å²) in [5, 5.41) is 11.9. The van der Waals surface area contributed by atoms with Crippen LogP contribution in [-0.2, 0) is 16.1 Å². The first-order chi connectivity index (χ1) is 8.72. The van der Waals surface area contributed by atoms with Gasteiger partial charge in [-0.25, -0.2) is 4.79 Å². The van der Waals surface area contributed by atoms with E-state index in [0.717, 1.165) is 12.1 Å². The number of nitrogens with zero attached hydrogens (tertiary/aromatic N) is 1. The molecule has 7 heteroatoms. The minimum absolute atomic E-state index is 0.223. The van der Waals surface area contributed by atoms with Crippen LogP contribution in [0.15, 0.2) is 12.3 Å². The Labute approximate surface area is 105 Å². The maximum Gasteiger partial charge on any atom is 0.315 e. The number of carbonyl (C=O) groups excluding carboxylic acids is 2. The van der Waals surface area contributed by atoms with E-state index in [1.807, 2.05) is 0 Å².